The third kappa shape index (κ3) is 2.23. The van der Waals surface area contributed by atoms with E-state index in [0.717, 1.165) is 6.07 Å². The van der Waals surface area contributed by atoms with Gasteiger partial charge >= 0.3 is 0 Å². The van der Waals surface area contributed by atoms with Gasteiger partial charge in [-0.3, -0.25) is 0 Å². The Bertz CT molecular complexity index is 567. The highest BCUT2D eigenvalue weighted by Gasteiger charge is 2.18. The molecule has 0 bridgehead atoms. The van der Waals surface area contributed by atoms with Gasteiger partial charge in [-0.05, 0) is 5.41 Å². The van der Waals surface area contributed by atoms with E-state index < -0.39 is 11.6 Å². The lowest BCUT2D eigenvalue weighted by atomic mass is 9.97. The number of fused-ring (bicyclic) bond motifs is 1. The molecule has 1 heterocycles. The topological polar surface area (TPSA) is 43.8 Å². The number of halogens is 2. The first-order valence-corrected chi connectivity index (χ1v) is 5.39. The van der Waals surface area contributed by atoms with Gasteiger partial charge in [0, 0.05) is 18.7 Å². The molecule has 17 heavy (non-hydrogen) atoms. The molecule has 0 saturated heterocycles. The van der Waals surface area contributed by atoms with Crippen molar-refractivity contribution in [1.82, 2.24) is 9.55 Å². The number of imidazole rings is 1. The molecule has 2 N–H and O–H groups in total. The van der Waals surface area contributed by atoms with E-state index in [1.807, 2.05) is 20.8 Å². The summed E-state index contributed by atoms with van der Waals surface area (Å²) in [6.45, 7) is 6.62. The average Bonchev–Trinajstić information content (AvgIpc) is 2.43. The molecule has 2 rings (SSSR count). The van der Waals surface area contributed by atoms with E-state index >= 15 is 0 Å². The monoisotopic (exact) mass is 239 g/mol. The van der Waals surface area contributed by atoms with Gasteiger partial charge in [0.1, 0.15) is 11.3 Å². The van der Waals surface area contributed by atoms with E-state index in [4.69, 9.17) is 5.73 Å². The highest BCUT2D eigenvalue weighted by molar-refractivity contribution is 5.79. The van der Waals surface area contributed by atoms with Crippen LogP contribution in [0.2, 0.25) is 0 Å². The molecule has 0 saturated carbocycles. The van der Waals surface area contributed by atoms with Crippen LogP contribution in [0.5, 0.6) is 0 Å². The van der Waals surface area contributed by atoms with E-state index in [1.54, 1.807) is 4.57 Å². The number of hydrogen-bond donors (Lipinski definition) is 1. The number of rotatable bonds is 1. The maximum Gasteiger partial charge on any atom is 0.201 e. The van der Waals surface area contributed by atoms with Gasteiger partial charge in [0.25, 0.3) is 0 Å². The Kier molecular flexibility index (Phi) is 2.56. The van der Waals surface area contributed by atoms with Gasteiger partial charge < -0.3 is 10.3 Å². The summed E-state index contributed by atoms with van der Waals surface area (Å²) in [5.74, 6) is -1.09. The van der Waals surface area contributed by atoms with Gasteiger partial charge in [-0.2, -0.15) is 0 Å². The lowest BCUT2D eigenvalue weighted by Gasteiger charge is -2.20. The lowest BCUT2D eigenvalue weighted by Crippen LogP contribution is -2.17. The summed E-state index contributed by atoms with van der Waals surface area (Å²) < 4.78 is 28.3. The molecule has 0 amide bonds. The van der Waals surface area contributed by atoms with Crippen molar-refractivity contribution < 1.29 is 8.78 Å². The molecular formula is C12H15F2N3. The first-order valence-electron chi connectivity index (χ1n) is 5.39. The molecule has 0 aliphatic heterocycles. The Morgan fingerprint density at radius 3 is 2.53 bits per heavy atom. The van der Waals surface area contributed by atoms with Crippen LogP contribution >= 0.6 is 0 Å². The number of benzene rings is 1. The highest BCUT2D eigenvalue weighted by atomic mass is 19.1. The van der Waals surface area contributed by atoms with E-state index in [1.165, 1.54) is 6.07 Å². The minimum Gasteiger partial charge on any atom is -0.369 e. The Morgan fingerprint density at radius 2 is 1.94 bits per heavy atom. The summed E-state index contributed by atoms with van der Waals surface area (Å²) in [5.41, 5.74) is 6.21. The molecule has 0 atom stereocenters. The fourth-order valence-electron chi connectivity index (χ4n) is 1.81. The maximum atomic E-state index is 13.5. The minimum absolute atomic E-state index is 0.0510. The van der Waals surface area contributed by atoms with Crippen molar-refractivity contribution in [3.63, 3.8) is 0 Å². The van der Waals surface area contributed by atoms with Crippen molar-refractivity contribution in [3.8, 4) is 0 Å². The van der Waals surface area contributed by atoms with E-state index in [-0.39, 0.29) is 16.9 Å². The predicted octanol–water partition coefficient (Wildman–Crippen LogP) is 2.94. The molecule has 3 nitrogen and oxygen atoms in total. The standard InChI is InChI=1S/C12H15F2N3/c1-12(2,3)6-17-9-5-7(13)4-8(14)10(9)16-11(17)15/h4-5H,6H2,1-3H3,(H2,15,16). The van der Waals surface area contributed by atoms with E-state index in [2.05, 4.69) is 4.98 Å². The molecular weight excluding hydrogens is 224 g/mol. The van der Waals surface area contributed by atoms with E-state index in [0.29, 0.717) is 12.1 Å². The van der Waals surface area contributed by atoms with Crippen LogP contribution in [0.25, 0.3) is 11.0 Å². The molecule has 0 spiro atoms. The highest BCUT2D eigenvalue weighted by Crippen LogP contribution is 2.26. The largest absolute Gasteiger partial charge is 0.369 e. The predicted molar refractivity (Wildman–Crippen MR) is 63.5 cm³/mol. The summed E-state index contributed by atoms with van der Waals surface area (Å²) >= 11 is 0. The second-order valence-corrected chi connectivity index (χ2v) is 5.37. The van der Waals surface area contributed by atoms with Gasteiger partial charge in [0.2, 0.25) is 5.95 Å². The second kappa shape index (κ2) is 3.68. The van der Waals surface area contributed by atoms with Crippen molar-refractivity contribution in [3.05, 3.63) is 23.8 Å². The molecule has 5 heteroatoms. The van der Waals surface area contributed by atoms with Crippen LogP contribution in [0.3, 0.4) is 0 Å². The Balaban J connectivity index is 2.66. The molecule has 2 aromatic rings. The van der Waals surface area contributed by atoms with Gasteiger partial charge in [0.05, 0.1) is 5.52 Å². The smallest absolute Gasteiger partial charge is 0.201 e. The normalized spacial score (nSPS) is 12.3. The van der Waals surface area contributed by atoms with Gasteiger partial charge in [-0.25, -0.2) is 13.8 Å². The van der Waals surface area contributed by atoms with Crippen molar-refractivity contribution in [1.29, 1.82) is 0 Å². The van der Waals surface area contributed by atoms with Crippen LogP contribution in [-0.2, 0) is 6.54 Å². The van der Waals surface area contributed by atoms with Crippen molar-refractivity contribution in [2.24, 2.45) is 5.41 Å². The van der Waals surface area contributed by atoms with Crippen LogP contribution in [0, 0.1) is 17.0 Å². The van der Waals surface area contributed by atoms with Crippen LogP contribution in [-0.4, -0.2) is 9.55 Å². The summed E-state index contributed by atoms with van der Waals surface area (Å²) in [7, 11) is 0. The van der Waals surface area contributed by atoms with Crippen molar-refractivity contribution >= 4 is 17.0 Å². The molecule has 0 radical (unpaired) electrons. The van der Waals surface area contributed by atoms with Gasteiger partial charge in [0.15, 0.2) is 5.82 Å². The van der Waals surface area contributed by atoms with Gasteiger partial charge in [-0.15, -0.1) is 0 Å². The average molecular weight is 239 g/mol. The summed E-state index contributed by atoms with van der Waals surface area (Å²) in [6, 6.07) is 2.07. The number of nitrogens with zero attached hydrogens (tertiary/aromatic N) is 2. The first-order chi connectivity index (χ1) is 7.78. The van der Waals surface area contributed by atoms with Crippen LogP contribution < -0.4 is 5.73 Å². The lowest BCUT2D eigenvalue weighted by molar-refractivity contribution is 0.350. The Morgan fingerprint density at radius 1 is 1.29 bits per heavy atom. The third-order valence-corrected chi connectivity index (χ3v) is 2.43. The zero-order valence-corrected chi connectivity index (χ0v) is 10.1. The summed E-state index contributed by atoms with van der Waals surface area (Å²) in [4.78, 5) is 3.94. The van der Waals surface area contributed by atoms with Crippen molar-refractivity contribution in [2.75, 3.05) is 5.73 Å². The number of hydrogen-bond acceptors (Lipinski definition) is 2. The Hall–Kier alpha value is -1.65. The fraction of sp³-hybridized carbons (Fsp3) is 0.417. The fourth-order valence-corrected chi connectivity index (χ4v) is 1.81. The molecule has 0 unspecified atom stereocenters. The Labute approximate surface area is 98.2 Å². The second-order valence-electron chi connectivity index (χ2n) is 5.37. The summed E-state index contributed by atoms with van der Waals surface area (Å²) in [5, 5.41) is 0. The first kappa shape index (κ1) is 11.8. The van der Waals surface area contributed by atoms with Crippen LogP contribution in [0.1, 0.15) is 20.8 Å². The number of aromatic nitrogens is 2. The van der Waals surface area contributed by atoms with Crippen LogP contribution in [0.15, 0.2) is 12.1 Å². The van der Waals surface area contributed by atoms with E-state index in [9.17, 15) is 8.78 Å². The maximum absolute atomic E-state index is 13.5. The molecule has 92 valence electrons. The number of anilines is 1. The molecule has 1 aromatic heterocycles. The number of nitrogens with two attached hydrogens (primary N) is 1. The third-order valence-electron chi connectivity index (χ3n) is 2.43. The molecule has 0 aliphatic rings. The zero-order valence-electron chi connectivity index (χ0n) is 10.1. The molecule has 0 aliphatic carbocycles. The summed E-state index contributed by atoms with van der Waals surface area (Å²) in [6.07, 6.45) is 0. The minimum atomic E-state index is -0.681. The number of nitrogen functional groups attached to an aromatic ring is 1. The van der Waals surface area contributed by atoms with Crippen LogP contribution in [0.4, 0.5) is 14.7 Å². The SMILES string of the molecule is CC(C)(C)Cn1c(N)nc2c(F)cc(F)cc21. The molecule has 0 fully saturated rings. The quantitative estimate of drug-likeness (QED) is 0.831. The van der Waals surface area contributed by atoms with Gasteiger partial charge in [-0.1, -0.05) is 20.8 Å². The zero-order chi connectivity index (χ0) is 12.8. The van der Waals surface area contributed by atoms with Crippen molar-refractivity contribution in [2.45, 2.75) is 27.3 Å². The molecule has 1 aromatic carbocycles.